The van der Waals surface area contributed by atoms with Gasteiger partial charge in [-0.3, -0.25) is 4.90 Å². The van der Waals surface area contributed by atoms with Crippen molar-refractivity contribution in [2.45, 2.75) is 78.7 Å². The Morgan fingerprint density at radius 2 is 1.82 bits per heavy atom. The van der Waals surface area contributed by atoms with Gasteiger partial charge in [0.2, 0.25) is 0 Å². The molecule has 0 aromatic carbocycles. The molecule has 0 radical (unpaired) electrons. The Balaban J connectivity index is 1.80. The summed E-state index contributed by atoms with van der Waals surface area (Å²) in [4.78, 5) is 29.0. The number of rotatable bonds is 6. The molecule has 3 heterocycles. The molecule has 7 nitrogen and oxygen atoms in total. The molecule has 10 heteroatoms. The Morgan fingerprint density at radius 1 is 1.12 bits per heavy atom. The molecule has 2 amide bonds. The van der Waals surface area contributed by atoms with Crippen LogP contribution in [0, 0.1) is 0 Å². The lowest BCUT2D eigenvalue weighted by Gasteiger charge is -2.26. The second-order valence-corrected chi connectivity index (χ2v) is 12.7. The summed E-state index contributed by atoms with van der Waals surface area (Å²) in [7, 11) is 0. The number of aromatic nitrogens is 1. The van der Waals surface area contributed by atoms with Gasteiger partial charge in [-0.15, -0.1) is 22.7 Å². The van der Waals surface area contributed by atoms with Crippen molar-refractivity contribution in [3.63, 3.8) is 0 Å². The molecule has 3 aromatic heterocycles. The number of thiophene rings is 2. The van der Waals surface area contributed by atoms with Gasteiger partial charge in [0.1, 0.15) is 16.2 Å². The zero-order valence-electron chi connectivity index (χ0n) is 20.1. The van der Waals surface area contributed by atoms with E-state index >= 15 is 0 Å². The summed E-state index contributed by atoms with van der Waals surface area (Å²) < 4.78 is 16.6. The molecule has 0 spiro atoms. The first-order valence-corrected chi connectivity index (χ1v) is 13.2. The van der Waals surface area contributed by atoms with E-state index in [4.69, 9.17) is 9.47 Å². The summed E-state index contributed by atoms with van der Waals surface area (Å²) in [6, 6.07) is 5.89. The van der Waals surface area contributed by atoms with Crippen LogP contribution in [0.4, 0.5) is 14.6 Å². The first-order chi connectivity index (χ1) is 15.3. The first kappa shape index (κ1) is 25.5. The highest BCUT2D eigenvalue weighted by Gasteiger charge is 2.28. The minimum atomic E-state index is -0.599. The van der Waals surface area contributed by atoms with E-state index < -0.39 is 23.4 Å². The number of fused-ring (bicyclic) bond motifs is 1. The van der Waals surface area contributed by atoms with Crippen LogP contribution in [-0.4, -0.2) is 33.8 Å². The third-order valence-corrected chi connectivity index (χ3v) is 7.24. The maximum absolute atomic E-state index is 13.1. The van der Waals surface area contributed by atoms with Crippen LogP contribution in [-0.2, 0) is 22.4 Å². The highest BCUT2D eigenvalue weighted by Crippen LogP contribution is 2.39. The lowest BCUT2D eigenvalue weighted by atomic mass is 10.2. The van der Waals surface area contributed by atoms with Crippen LogP contribution in [0.3, 0.4) is 0 Å². The maximum Gasteiger partial charge on any atom is 0.415 e. The van der Waals surface area contributed by atoms with Crippen molar-refractivity contribution in [1.29, 1.82) is 0 Å². The van der Waals surface area contributed by atoms with E-state index in [0.29, 0.717) is 13.0 Å². The molecular weight excluding hydrogens is 478 g/mol. The van der Waals surface area contributed by atoms with Gasteiger partial charge in [-0.05, 0) is 77.5 Å². The zero-order valence-corrected chi connectivity index (χ0v) is 22.5. The molecule has 1 N–H and O–H groups in total. The number of nitrogens with zero attached hydrogens (tertiary/aromatic N) is 2. The van der Waals surface area contributed by atoms with Crippen LogP contribution in [0.1, 0.15) is 58.2 Å². The molecule has 1 unspecified atom stereocenters. The van der Waals surface area contributed by atoms with Crippen molar-refractivity contribution < 1.29 is 19.1 Å². The fourth-order valence-corrected chi connectivity index (χ4v) is 5.93. The molecule has 1 atom stereocenters. The number of carbonyl (C=O) groups is 2. The minimum absolute atomic E-state index is 0.109. The van der Waals surface area contributed by atoms with Gasteiger partial charge in [-0.2, -0.15) is 4.37 Å². The number of alkyl carbamates (subject to hydrolysis) is 1. The predicted molar refractivity (Wildman–Crippen MR) is 137 cm³/mol. The zero-order chi connectivity index (χ0) is 24.4. The standard InChI is InChI=1S/C23H31N3O4S3/c1-14(24-20(27)29-22(2,3)4)11-16-12-17-18(32-16)19(33-25-17)26(13-15-9-8-10-31-15)21(28)30-23(5,6)7/h8-10,12,14H,11,13H2,1-7H3,(H,24,27). The number of ether oxygens (including phenoxy) is 2. The number of anilines is 1. The molecule has 0 aliphatic rings. The van der Waals surface area contributed by atoms with Gasteiger partial charge in [-0.25, -0.2) is 9.59 Å². The van der Waals surface area contributed by atoms with Gasteiger partial charge in [0, 0.05) is 22.2 Å². The molecule has 0 aliphatic carbocycles. The van der Waals surface area contributed by atoms with Crippen LogP contribution in [0.15, 0.2) is 23.6 Å². The van der Waals surface area contributed by atoms with E-state index in [0.717, 1.165) is 25.0 Å². The van der Waals surface area contributed by atoms with E-state index in [-0.39, 0.29) is 6.04 Å². The summed E-state index contributed by atoms with van der Waals surface area (Å²) >= 11 is 4.48. The lowest BCUT2D eigenvalue weighted by Crippen LogP contribution is -2.38. The van der Waals surface area contributed by atoms with Crippen LogP contribution >= 0.6 is 34.2 Å². The Morgan fingerprint density at radius 3 is 2.42 bits per heavy atom. The van der Waals surface area contributed by atoms with Crippen molar-refractivity contribution in [3.05, 3.63) is 33.3 Å². The van der Waals surface area contributed by atoms with Crippen molar-refractivity contribution in [3.8, 4) is 0 Å². The van der Waals surface area contributed by atoms with Gasteiger partial charge < -0.3 is 14.8 Å². The second-order valence-electron chi connectivity index (χ2n) is 9.81. The maximum atomic E-state index is 13.1. The van der Waals surface area contributed by atoms with E-state index in [1.165, 1.54) is 11.5 Å². The van der Waals surface area contributed by atoms with E-state index in [9.17, 15) is 9.59 Å². The topological polar surface area (TPSA) is 80.8 Å². The van der Waals surface area contributed by atoms with Crippen LogP contribution in [0.2, 0.25) is 0 Å². The fourth-order valence-electron chi connectivity index (χ4n) is 3.01. The van der Waals surface area contributed by atoms with E-state index in [1.54, 1.807) is 27.6 Å². The second kappa shape index (κ2) is 9.99. The highest BCUT2D eigenvalue weighted by molar-refractivity contribution is 7.24. The van der Waals surface area contributed by atoms with Gasteiger partial charge in [0.25, 0.3) is 0 Å². The number of amides is 2. The summed E-state index contributed by atoms with van der Waals surface area (Å²) in [6.45, 7) is 13.5. The lowest BCUT2D eigenvalue weighted by molar-refractivity contribution is 0.0507. The van der Waals surface area contributed by atoms with Gasteiger partial charge in [0.15, 0.2) is 0 Å². The highest BCUT2D eigenvalue weighted by atomic mass is 32.1. The summed E-state index contributed by atoms with van der Waals surface area (Å²) in [5, 5.41) is 5.64. The van der Waals surface area contributed by atoms with Crippen molar-refractivity contribution in [1.82, 2.24) is 9.69 Å². The van der Waals surface area contributed by atoms with Crippen LogP contribution in [0.5, 0.6) is 0 Å². The van der Waals surface area contributed by atoms with Crippen molar-refractivity contribution >= 4 is 61.6 Å². The molecule has 0 aliphatic heterocycles. The first-order valence-electron chi connectivity index (χ1n) is 10.7. The fraction of sp³-hybridized carbons (Fsp3) is 0.522. The smallest absolute Gasteiger partial charge is 0.415 e. The Hall–Kier alpha value is -2.17. The molecule has 3 rings (SSSR count). The monoisotopic (exact) mass is 509 g/mol. The van der Waals surface area contributed by atoms with Crippen molar-refractivity contribution in [2.75, 3.05) is 4.90 Å². The Kier molecular flexibility index (Phi) is 7.70. The average Bonchev–Trinajstić information content (AvgIpc) is 3.33. The molecule has 0 fully saturated rings. The van der Waals surface area contributed by atoms with E-state index in [1.807, 2.05) is 72.0 Å². The molecule has 0 bridgehead atoms. The Bertz CT molecular complexity index is 1090. The van der Waals surface area contributed by atoms with Gasteiger partial charge in [0.05, 0.1) is 16.8 Å². The van der Waals surface area contributed by atoms with Crippen molar-refractivity contribution in [2.24, 2.45) is 0 Å². The third kappa shape index (κ3) is 7.41. The number of hydrogen-bond donors (Lipinski definition) is 1. The summed E-state index contributed by atoms with van der Waals surface area (Å²) in [5.41, 5.74) is -0.293. The molecule has 3 aromatic rings. The van der Waals surface area contributed by atoms with Gasteiger partial charge >= 0.3 is 12.2 Å². The average molecular weight is 510 g/mol. The quantitative estimate of drug-likeness (QED) is 0.394. The largest absolute Gasteiger partial charge is 0.444 e. The van der Waals surface area contributed by atoms with Crippen LogP contribution < -0.4 is 10.2 Å². The molecule has 180 valence electrons. The van der Waals surface area contributed by atoms with Gasteiger partial charge in [-0.1, -0.05) is 6.07 Å². The minimum Gasteiger partial charge on any atom is -0.444 e. The normalized spacial score (nSPS) is 13.1. The molecule has 0 saturated carbocycles. The number of hydrogen-bond acceptors (Lipinski definition) is 8. The summed E-state index contributed by atoms with van der Waals surface area (Å²) in [5.74, 6) is 0. The molecular formula is C23H31N3O4S3. The summed E-state index contributed by atoms with van der Waals surface area (Å²) in [6.07, 6.45) is -0.183. The molecule has 0 saturated heterocycles. The van der Waals surface area contributed by atoms with Crippen LogP contribution in [0.25, 0.3) is 10.2 Å². The van der Waals surface area contributed by atoms with E-state index in [2.05, 4.69) is 9.69 Å². The molecule has 33 heavy (non-hydrogen) atoms. The Labute approximate surface area is 206 Å². The third-order valence-electron chi connectivity index (χ3n) is 4.21. The predicted octanol–water partition coefficient (Wildman–Crippen LogP) is 6.82. The number of carbonyl (C=O) groups excluding carboxylic acids is 2. The number of nitrogens with one attached hydrogen (secondary N) is 1. The SMILES string of the molecule is CC(Cc1cc2nsc(N(Cc3cccs3)C(=O)OC(C)(C)C)c2s1)NC(=O)OC(C)(C)C.